The number of piperazine rings is 1. The van der Waals surface area contributed by atoms with Crippen molar-refractivity contribution in [3.63, 3.8) is 0 Å². The molecule has 0 aliphatic carbocycles. The molecule has 3 aromatic rings. The molecular formula is C28H31F3N6O2. The first kappa shape index (κ1) is 26.9. The molecule has 2 atom stereocenters. The molecule has 0 saturated carbocycles. The number of morpholine rings is 1. The number of likely N-dealkylation sites (N-methyl/N-ethyl adjacent to an activating group) is 1. The van der Waals surface area contributed by atoms with E-state index in [1.807, 2.05) is 16.8 Å². The molecule has 1 aromatic heterocycles. The van der Waals surface area contributed by atoms with Crippen molar-refractivity contribution in [3.8, 4) is 11.1 Å². The molecule has 8 nitrogen and oxygen atoms in total. The standard InChI is InChI=1S/C28H31F3N6O2/c1-17-15-37(16-18(2)35(17)3)26-12-23(30)21(20-13-32-28(33-14-20)36-6-8-39-9-7-36)11-25(26)34-27(38)19-4-5-22(29)24(31)10-19/h4-5,10-14,17-18H,6-9,15-16H2,1-3H3,(H,34,38). The Morgan fingerprint density at radius 1 is 0.923 bits per heavy atom. The number of hydrogen-bond acceptors (Lipinski definition) is 7. The molecule has 206 valence electrons. The number of halogens is 3. The van der Waals surface area contributed by atoms with Crippen LogP contribution in [0.25, 0.3) is 11.1 Å². The summed E-state index contributed by atoms with van der Waals surface area (Å²) in [6.45, 7) is 7.92. The second-order valence-electron chi connectivity index (χ2n) is 10.1. The van der Waals surface area contributed by atoms with Crippen molar-refractivity contribution in [2.45, 2.75) is 25.9 Å². The van der Waals surface area contributed by atoms with E-state index in [2.05, 4.69) is 34.0 Å². The van der Waals surface area contributed by atoms with Gasteiger partial charge in [-0.25, -0.2) is 23.1 Å². The number of rotatable bonds is 5. The molecule has 11 heteroatoms. The number of hydrogen-bond donors (Lipinski definition) is 1. The zero-order valence-corrected chi connectivity index (χ0v) is 22.1. The highest BCUT2D eigenvalue weighted by Crippen LogP contribution is 2.36. The SMILES string of the molecule is CC1CN(c2cc(F)c(-c3cnc(N4CCOCC4)nc3)cc2NC(=O)c2ccc(F)c(F)c2)CC(C)N1C. The number of carbonyl (C=O) groups is 1. The molecular weight excluding hydrogens is 509 g/mol. The van der Waals surface area contributed by atoms with E-state index in [0.717, 1.165) is 12.1 Å². The first-order chi connectivity index (χ1) is 18.7. The maximum Gasteiger partial charge on any atom is 0.255 e. The Kier molecular flexibility index (Phi) is 7.72. The minimum absolute atomic E-state index is 0.0518. The summed E-state index contributed by atoms with van der Waals surface area (Å²) < 4.78 is 48.3. The van der Waals surface area contributed by atoms with E-state index in [4.69, 9.17) is 4.74 Å². The van der Waals surface area contributed by atoms with Gasteiger partial charge in [-0.3, -0.25) is 9.69 Å². The molecule has 0 spiro atoms. The van der Waals surface area contributed by atoms with Crippen LogP contribution < -0.4 is 15.1 Å². The highest BCUT2D eigenvalue weighted by Gasteiger charge is 2.29. The number of amides is 1. The van der Waals surface area contributed by atoms with Crippen LogP contribution in [-0.2, 0) is 4.74 Å². The van der Waals surface area contributed by atoms with E-state index in [0.29, 0.717) is 62.3 Å². The smallest absolute Gasteiger partial charge is 0.255 e. The van der Waals surface area contributed by atoms with Gasteiger partial charge >= 0.3 is 0 Å². The van der Waals surface area contributed by atoms with Gasteiger partial charge in [0.2, 0.25) is 5.95 Å². The Hall–Kier alpha value is -3.70. The number of aromatic nitrogens is 2. The van der Waals surface area contributed by atoms with E-state index >= 15 is 4.39 Å². The third-order valence-corrected chi connectivity index (χ3v) is 7.46. The lowest BCUT2D eigenvalue weighted by molar-refractivity contribution is 0.102. The van der Waals surface area contributed by atoms with Gasteiger partial charge in [0.05, 0.1) is 24.6 Å². The normalized spacial score (nSPS) is 20.3. The lowest BCUT2D eigenvalue weighted by Crippen LogP contribution is -2.55. The quantitative estimate of drug-likeness (QED) is 0.521. The van der Waals surface area contributed by atoms with Crippen LogP contribution >= 0.6 is 0 Å². The minimum atomic E-state index is -1.12. The zero-order chi connectivity index (χ0) is 27.7. The van der Waals surface area contributed by atoms with Gasteiger partial charge in [0.25, 0.3) is 5.91 Å². The highest BCUT2D eigenvalue weighted by atomic mass is 19.2. The summed E-state index contributed by atoms with van der Waals surface area (Å²) in [7, 11) is 2.04. The van der Waals surface area contributed by atoms with Crippen LogP contribution in [-0.4, -0.2) is 79.3 Å². The molecule has 2 aromatic carbocycles. The predicted octanol–water partition coefficient (Wildman–Crippen LogP) is 4.18. The Morgan fingerprint density at radius 3 is 2.23 bits per heavy atom. The van der Waals surface area contributed by atoms with Gasteiger partial charge in [0, 0.05) is 67.3 Å². The van der Waals surface area contributed by atoms with Gasteiger partial charge in [-0.2, -0.15) is 0 Å². The monoisotopic (exact) mass is 540 g/mol. The summed E-state index contributed by atoms with van der Waals surface area (Å²) in [6, 6.07) is 6.27. The van der Waals surface area contributed by atoms with Gasteiger partial charge in [0.1, 0.15) is 5.82 Å². The maximum atomic E-state index is 15.6. The summed E-state index contributed by atoms with van der Waals surface area (Å²) in [6.07, 6.45) is 3.10. The van der Waals surface area contributed by atoms with Crippen molar-refractivity contribution in [3.05, 3.63) is 65.7 Å². The largest absolute Gasteiger partial charge is 0.378 e. The van der Waals surface area contributed by atoms with Crippen LogP contribution in [0.5, 0.6) is 0 Å². The maximum absolute atomic E-state index is 15.6. The van der Waals surface area contributed by atoms with Gasteiger partial charge < -0.3 is 19.9 Å². The highest BCUT2D eigenvalue weighted by molar-refractivity contribution is 6.06. The minimum Gasteiger partial charge on any atom is -0.378 e. The number of nitrogens with one attached hydrogen (secondary N) is 1. The van der Waals surface area contributed by atoms with Crippen LogP contribution in [0.4, 0.5) is 30.5 Å². The first-order valence-corrected chi connectivity index (χ1v) is 12.9. The Labute approximate surface area is 225 Å². The summed E-state index contributed by atoms with van der Waals surface area (Å²) in [5.41, 5.74) is 1.46. The molecule has 0 bridgehead atoms. The van der Waals surface area contributed by atoms with E-state index in [1.165, 1.54) is 12.1 Å². The Balaban J connectivity index is 1.50. The van der Waals surface area contributed by atoms with Crippen molar-refractivity contribution < 1.29 is 22.7 Å². The number of nitrogens with zero attached hydrogens (tertiary/aromatic N) is 5. The number of carbonyl (C=O) groups excluding carboxylic acids is 1. The van der Waals surface area contributed by atoms with Crippen LogP contribution in [0.3, 0.4) is 0 Å². The van der Waals surface area contributed by atoms with E-state index in [9.17, 15) is 13.6 Å². The first-order valence-electron chi connectivity index (χ1n) is 12.9. The average molecular weight is 541 g/mol. The number of ether oxygens (including phenoxy) is 1. The van der Waals surface area contributed by atoms with Gasteiger partial charge in [-0.05, 0) is 51.2 Å². The second kappa shape index (κ2) is 11.2. The molecule has 2 aliphatic heterocycles. The fourth-order valence-corrected chi connectivity index (χ4v) is 4.97. The van der Waals surface area contributed by atoms with Crippen LogP contribution in [0, 0.1) is 17.5 Å². The topological polar surface area (TPSA) is 73.8 Å². The molecule has 3 heterocycles. The van der Waals surface area contributed by atoms with Gasteiger partial charge in [0.15, 0.2) is 11.6 Å². The number of benzene rings is 2. The van der Waals surface area contributed by atoms with E-state index in [-0.39, 0.29) is 23.2 Å². The zero-order valence-electron chi connectivity index (χ0n) is 22.1. The van der Waals surface area contributed by atoms with Crippen molar-refractivity contribution in [2.24, 2.45) is 0 Å². The molecule has 1 amide bonds. The lowest BCUT2D eigenvalue weighted by atomic mass is 10.0. The lowest BCUT2D eigenvalue weighted by Gasteiger charge is -2.44. The summed E-state index contributed by atoms with van der Waals surface area (Å²) in [4.78, 5) is 28.2. The van der Waals surface area contributed by atoms with Gasteiger partial charge in [-0.15, -0.1) is 0 Å². The molecule has 1 N–H and O–H groups in total. The summed E-state index contributed by atoms with van der Waals surface area (Å²) >= 11 is 0. The van der Waals surface area contributed by atoms with Gasteiger partial charge in [-0.1, -0.05) is 0 Å². The van der Waals surface area contributed by atoms with E-state index in [1.54, 1.807) is 18.5 Å². The van der Waals surface area contributed by atoms with Crippen LogP contribution in [0.2, 0.25) is 0 Å². The fraction of sp³-hybridized carbons (Fsp3) is 0.393. The molecule has 2 aliphatic rings. The Bertz CT molecular complexity index is 1340. The predicted molar refractivity (Wildman–Crippen MR) is 144 cm³/mol. The van der Waals surface area contributed by atoms with Crippen molar-refractivity contribution in [1.82, 2.24) is 14.9 Å². The van der Waals surface area contributed by atoms with Crippen LogP contribution in [0.15, 0.2) is 42.7 Å². The molecule has 2 fully saturated rings. The second-order valence-corrected chi connectivity index (χ2v) is 10.1. The molecule has 0 radical (unpaired) electrons. The third-order valence-electron chi connectivity index (χ3n) is 7.46. The fourth-order valence-electron chi connectivity index (χ4n) is 4.97. The average Bonchev–Trinajstić information content (AvgIpc) is 2.94. The van der Waals surface area contributed by atoms with Crippen molar-refractivity contribution in [2.75, 3.05) is 61.6 Å². The molecule has 2 unspecified atom stereocenters. The van der Waals surface area contributed by atoms with Crippen LogP contribution in [0.1, 0.15) is 24.2 Å². The van der Waals surface area contributed by atoms with E-state index < -0.39 is 23.4 Å². The van der Waals surface area contributed by atoms with Crippen molar-refractivity contribution >= 4 is 23.2 Å². The summed E-state index contributed by atoms with van der Waals surface area (Å²) in [5, 5.41) is 2.80. The summed E-state index contributed by atoms with van der Waals surface area (Å²) in [5.74, 6) is -2.76. The Morgan fingerprint density at radius 2 is 1.59 bits per heavy atom. The third kappa shape index (κ3) is 5.69. The number of anilines is 3. The van der Waals surface area contributed by atoms with Crippen molar-refractivity contribution in [1.29, 1.82) is 0 Å². The molecule has 5 rings (SSSR count). The molecule has 39 heavy (non-hydrogen) atoms. The molecule has 2 saturated heterocycles.